The number of rotatable bonds is 6. The van der Waals surface area contributed by atoms with E-state index < -0.39 is 49.7 Å². The fraction of sp³-hybridized carbons (Fsp3) is 0.750. The predicted octanol–water partition coefficient (Wildman–Crippen LogP) is -2.62. The number of carbonyl (C=O) groups is 2. The van der Waals surface area contributed by atoms with Gasteiger partial charge < -0.3 is 25.2 Å². The van der Waals surface area contributed by atoms with Gasteiger partial charge in [0.1, 0.15) is 11.9 Å². The number of aliphatic hydroxyl groups is 4. The first-order valence-electron chi connectivity index (χ1n) is 4.76. The van der Waals surface area contributed by atoms with Gasteiger partial charge in [-0.2, -0.15) is 0 Å². The van der Waals surface area contributed by atoms with Crippen molar-refractivity contribution >= 4 is 12.1 Å². The summed E-state index contributed by atoms with van der Waals surface area (Å²) in [5.74, 6) is -0.0880. The van der Waals surface area contributed by atoms with Gasteiger partial charge in [-0.15, -0.1) is 0 Å². The zero-order chi connectivity index (χ0) is 16.8. The van der Waals surface area contributed by atoms with E-state index in [4.69, 9.17) is 34.0 Å². The zero-order valence-corrected chi connectivity index (χ0v) is 14.3. The monoisotopic (exact) mass is 468 g/mol. The molecule has 1 atom stereocenters. The molecular weight excluding hydrogens is 448 g/mol. The molecule has 1 unspecified atom stereocenters. The Hall–Kier alpha value is -0.243. The Morgan fingerprint density at radius 2 is 1.25 bits per heavy atom. The van der Waals surface area contributed by atoms with Gasteiger partial charge in [-0.25, -0.2) is 0 Å². The van der Waals surface area contributed by atoms with Gasteiger partial charge >= 0.3 is 50.6 Å². The summed E-state index contributed by atoms with van der Waals surface area (Å²) in [6, 6.07) is 0. The van der Waals surface area contributed by atoms with Crippen molar-refractivity contribution < 1.29 is 80.6 Å². The minimum atomic E-state index is -2.03. The van der Waals surface area contributed by atoms with Crippen molar-refractivity contribution in [3.63, 3.8) is 0 Å². The summed E-state index contributed by atoms with van der Waals surface area (Å²) in [4.78, 5) is 19.6. The number of Topliss-reactive ketones (excluding diaryl/α,β-unsaturated/α-hetero) is 1. The second kappa shape index (κ2) is 31.3. The van der Waals surface area contributed by atoms with E-state index in [0.29, 0.717) is 0 Å². The molecule has 0 aromatic heterocycles. The Bertz CT molecular complexity index is 263. The Kier molecular flexibility index (Phi) is 43.7. The molecule has 12 heteroatoms. The van der Waals surface area contributed by atoms with Crippen molar-refractivity contribution in [2.75, 3.05) is 19.8 Å². The fourth-order valence-corrected chi connectivity index (χ4v) is 0.417. The standard InChI is InChI=1S/C5H10O3.C3H6O3.2Mo.4O/c6-3-1-5(8)2-4-7;4-1-3(6)2-5;;;;;;/h6-7H,1-4H2;1,3,5-6H,2H2;;;;;;. The van der Waals surface area contributed by atoms with E-state index in [2.05, 4.69) is 0 Å². The van der Waals surface area contributed by atoms with Gasteiger partial charge in [0, 0.05) is 26.1 Å². The van der Waals surface area contributed by atoms with Crippen LogP contribution in [0.1, 0.15) is 12.8 Å². The van der Waals surface area contributed by atoms with Gasteiger partial charge in [0.05, 0.1) is 6.61 Å². The molecule has 0 fully saturated rings. The van der Waals surface area contributed by atoms with Crippen molar-refractivity contribution in [3.05, 3.63) is 0 Å². The predicted molar refractivity (Wildman–Crippen MR) is 50.3 cm³/mol. The van der Waals surface area contributed by atoms with Crippen molar-refractivity contribution in [1.29, 1.82) is 0 Å². The molecule has 0 rings (SSSR count). The van der Waals surface area contributed by atoms with E-state index in [1.807, 2.05) is 0 Å². The van der Waals surface area contributed by atoms with Crippen LogP contribution in [0.15, 0.2) is 0 Å². The van der Waals surface area contributed by atoms with Crippen LogP contribution in [0.25, 0.3) is 0 Å². The minimum absolute atomic E-state index is 0.0880. The Balaban J connectivity index is -0.0000000941. The number of hydrogen-bond donors (Lipinski definition) is 4. The van der Waals surface area contributed by atoms with Crippen LogP contribution >= 0.6 is 0 Å². The molecule has 120 valence electrons. The van der Waals surface area contributed by atoms with E-state index in [0.717, 1.165) is 0 Å². The van der Waals surface area contributed by atoms with Crippen LogP contribution in [0.3, 0.4) is 0 Å². The third-order valence-electron chi connectivity index (χ3n) is 1.13. The first-order valence-corrected chi connectivity index (χ1v) is 8.04. The second-order valence-corrected chi connectivity index (χ2v) is 3.18. The average molecular weight is 464 g/mol. The maximum absolute atomic E-state index is 10.3. The first-order chi connectivity index (χ1) is 9.44. The number of carbonyl (C=O) groups excluding carboxylic acids is 2. The molecule has 10 nitrogen and oxygen atoms in total. The normalized spacial score (nSPS) is 9.00. The van der Waals surface area contributed by atoms with E-state index in [1.54, 1.807) is 0 Å². The molecule has 0 radical (unpaired) electrons. The molecular formula is C8H16Mo2O10. The summed E-state index contributed by atoms with van der Waals surface area (Å²) in [5, 5.41) is 32.2. The van der Waals surface area contributed by atoms with Gasteiger partial charge in [-0.3, -0.25) is 4.79 Å². The van der Waals surface area contributed by atoms with Crippen LogP contribution in [0, 0.1) is 0 Å². The van der Waals surface area contributed by atoms with Gasteiger partial charge in [0.2, 0.25) is 0 Å². The molecule has 0 spiro atoms. The molecule has 20 heavy (non-hydrogen) atoms. The summed E-state index contributed by atoms with van der Waals surface area (Å²) in [7, 11) is 0. The van der Waals surface area contributed by atoms with E-state index >= 15 is 0 Å². The van der Waals surface area contributed by atoms with E-state index in [1.165, 1.54) is 0 Å². The summed E-state index contributed by atoms with van der Waals surface area (Å²) < 4.78 is 34.0. The molecule has 0 saturated heterocycles. The summed E-state index contributed by atoms with van der Waals surface area (Å²) in [6.45, 7) is -0.707. The Morgan fingerprint density at radius 3 is 1.35 bits per heavy atom. The summed E-state index contributed by atoms with van der Waals surface area (Å²) in [6.07, 6.45) is -0.578. The van der Waals surface area contributed by atoms with E-state index in [-0.39, 0.29) is 38.1 Å². The average Bonchev–Trinajstić information content (AvgIpc) is 2.41. The van der Waals surface area contributed by atoms with Crippen LogP contribution in [0.5, 0.6) is 0 Å². The quantitative estimate of drug-likeness (QED) is 0.240. The SMILES string of the molecule is O=C(CCO)CCO.O=CC(O)CO.[O]=[Mo]=[O].[O]=[Mo]=[O]. The summed E-state index contributed by atoms with van der Waals surface area (Å²) >= 11 is -4.06. The molecule has 0 saturated carbocycles. The van der Waals surface area contributed by atoms with E-state index in [9.17, 15) is 9.59 Å². The molecule has 0 aliphatic heterocycles. The zero-order valence-electron chi connectivity index (χ0n) is 10.2. The number of aliphatic hydroxyl groups excluding tert-OH is 4. The van der Waals surface area contributed by atoms with Gasteiger partial charge in [-0.05, 0) is 0 Å². The topological polar surface area (TPSA) is 183 Å². The number of hydrogen-bond acceptors (Lipinski definition) is 10. The molecule has 0 bridgehead atoms. The molecule has 0 aromatic carbocycles. The van der Waals surface area contributed by atoms with Crippen molar-refractivity contribution in [2.45, 2.75) is 18.9 Å². The van der Waals surface area contributed by atoms with Crippen LogP contribution in [-0.4, -0.2) is 58.4 Å². The molecule has 0 aromatic rings. The third kappa shape index (κ3) is 52.4. The van der Waals surface area contributed by atoms with Crippen LogP contribution < -0.4 is 0 Å². The van der Waals surface area contributed by atoms with Crippen LogP contribution in [-0.2, 0) is 60.2 Å². The van der Waals surface area contributed by atoms with Crippen molar-refractivity contribution in [2.24, 2.45) is 0 Å². The van der Waals surface area contributed by atoms with Crippen molar-refractivity contribution in [3.8, 4) is 0 Å². The summed E-state index contributed by atoms with van der Waals surface area (Å²) in [5.41, 5.74) is 0. The molecule has 0 heterocycles. The number of aldehydes is 1. The maximum atomic E-state index is 10.3. The first kappa shape index (κ1) is 28.0. The van der Waals surface area contributed by atoms with Gasteiger partial charge in [-0.1, -0.05) is 0 Å². The number of ketones is 1. The molecule has 0 amide bonds. The Morgan fingerprint density at radius 1 is 0.950 bits per heavy atom. The molecule has 0 aliphatic carbocycles. The fourth-order valence-electron chi connectivity index (χ4n) is 0.417. The Labute approximate surface area is 131 Å². The van der Waals surface area contributed by atoms with Gasteiger partial charge in [0.15, 0.2) is 6.29 Å². The molecule has 0 aliphatic rings. The van der Waals surface area contributed by atoms with Crippen LogP contribution in [0.2, 0.25) is 0 Å². The van der Waals surface area contributed by atoms with Gasteiger partial charge in [0.25, 0.3) is 0 Å². The van der Waals surface area contributed by atoms with Crippen molar-refractivity contribution in [1.82, 2.24) is 0 Å². The second-order valence-electron chi connectivity index (χ2n) is 2.51. The van der Waals surface area contributed by atoms with Crippen LogP contribution in [0.4, 0.5) is 0 Å². The third-order valence-corrected chi connectivity index (χ3v) is 1.13. The molecule has 4 N–H and O–H groups in total.